The Morgan fingerprint density at radius 1 is 1.03 bits per heavy atom. The third kappa shape index (κ3) is 4.00. The Hall–Kier alpha value is -3.38. The molecule has 6 heteroatoms. The highest BCUT2D eigenvalue weighted by atomic mass is 16.6. The van der Waals surface area contributed by atoms with E-state index >= 15 is 0 Å². The fourth-order valence-corrected chi connectivity index (χ4v) is 3.41. The van der Waals surface area contributed by atoms with E-state index in [4.69, 9.17) is 14.2 Å². The van der Waals surface area contributed by atoms with Crippen molar-refractivity contribution in [1.82, 2.24) is 9.97 Å². The van der Waals surface area contributed by atoms with Crippen LogP contribution < -0.4 is 4.74 Å². The van der Waals surface area contributed by atoms with Gasteiger partial charge in [-0.1, -0.05) is 18.2 Å². The normalized spacial score (nSPS) is 11.7. The molecule has 0 radical (unpaired) electrons. The Balaban J connectivity index is 1.85. The topological polar surface area (TPSA) is 73.4 Å². The molecule has 4 aromatic rings. The average Bonchev–Trinajstić information content (AvgIpc) is 3.06. The molecule has 0 aliphatic heterocycles. The number of nitrogens with one attached hydrogen (secondary N) is 1. The summed E-state index contributed by atoms with van der Waals surface area (Å²) in [7, 11) is 1.59. The van der Waals surface area contributed by atoms with E-state index in [0.29, 0.717) is 11.3 Å². The number of nitrogens with zero attached hydrogens (tertiary/aromatic N) is 1. The van der Waals surface area contributed by atoms with Crippen LogP contribution in [0.3, 0.4) is 0 Å². The van der Waals surface area contributed by atoms with E-state index in [0.717, 1.165) is 27.6 Å². The fraction of sp³-hybridized carbons (Fsp3) is 0.250. The van der Waals surface area contributed by atoms with Crippen LogP contribution in [0, 0.1) is 0 Å². The molecule has 0 spiro atoms. The van der Waals surface area contributed by atoms with Gasteiger partial charge >= 0.3 is 5.97 Å². The number of hydrogen-bond acceptors (Lipinski definition) is 5. The van der Waals surface area contributed by atoms with E-state index in [2.05, 4.69) is 9.97 Å². The number of carbonyl (C=O) groups is 1. The number of methoxy groups -OCH3 is 1. The first-order chi connectivity index (χ1) is 14.4. The van der Waals surface area contributed by atoms with Crippen LogP contribution in [0.2, 0.25) is 0 Å². The Bertz CT molecular complexity index is 1210. The van der Waals surface area contributed by atoms with Crippen molar-refractivity contribution in [2.24, 2.45) is 0 Å². The molecule has 4 rings (SSSR count). The Morgan fingerprint density at radius 3 is 2.50 bits per heavy atom. The summed E-state index contributed by atoms with van der Waals surface area (Å²) in [4.78, 5) is 20.5. The minimum absolute atomic E-state index is 0.232. The van der Waals surface area contributed by atoms with Crippen molar-refractivity contribution >= 4 is 27.8 Å². The summed E-state index contributed by atoms with van der Waals surface area (Å²) in [6.45, 7) is 5.73. The molecule has 0 amide bonds. The zero-order chi connectivity index (χ0) is 21.3. The third-order valence-corrected chi connectivity index (χ3v) is 4.57. The molecule has 0 fully saturated rings. The maximum absolute atomic E-state index is 12.8. The highest BCUT2D eigenvalue weighted by molar-refractivity contribution is 6.11. The largest absolute Gasteiger partial charge is 0.457 e. The lowest BCUT2D eigenvalue weighted by Gasteiger charge is -2.20. The molecule has 0 aliphatic rings. The molecule has 0 aliphatic carbocycles. The highest BCUT2D eigenvalue weighted by Gasteiger charge is 2.24. The van der Waals surface area contributed by atoms with Gasteiger partial charge in [0.25, 0.3) is 0 Å². The number of para-hydroxylation sites is 1. The molecule has 2 aromatic carbocycles. The number of carbonyl (C=O) groups excluding carboxylic acids is 1. The number of pyridine rings is 1. The lowest BCUT2D eigenvalue weighted by atomic mass is 10.1. The third-order valence-electron chi connectivity index (χ3n) is 4.57. The van der Waals surface area contributed by atoms with Crippen molar-refractivity contribution in [3.8, 4) is 11.5 Å². The molecule has 6 nitrogen and oxygen atoms in total. The molecule has 0 atom stereocenters. The first-order valence-corrected chi connectivity index (χ1v) is 9.74. The molecule has 0 unspecified atom stereocenters. The molecule has 2 aromatic heterocycles. The summed E-state index contributed by atoms with van der Waals surface area (Å²) in [5.74, 6) is 0.987. The molecule has 30 heavy (non-hydrogen) atoms. The predicted octanol–water partition coefficient (Wildman–Crippen LogP) is 5.61. The van der Waals surface area contributed by atoms with Gasteiger partial charge in [0, 0.05) is 29.0 Å². The number of ether oxygens (including phenoxy) is 3. The lowest BCUT2D eigenvalue weighted by Crippen LogP contribution is -2.25. The molecular formula is C24H24N2O4. The molecule has 0 saturated carbocycles. The smallest absolute Gasteiger partial charge is 0.357 e. The molecule has 1 N–H and O–H groups in total. The number of rotatable bonds is 5. The molecular weight excluding hydrogens is 380 g/mol. The summed E-state index contributed by atoms with van der Waals surface area (Å²) >= 11 is 0. The monoisotopic (exact) mass is 404 g/mol. The van der Waals surface area contributed by atoms with Crippen molar-refractivity contribution in [2.75, 3.05) is 7.11 Å². The van der Waals surface area contributed by atoms with Crippen LogP contribution >= 0.6 is 0 Å². The first kappa shape index (κ1) is 19.9. The predicted molar refractivity (Wildman–Crippen MR) is 116 cm³/mol. The second kappa shape index (κ2) is 7.80. The van der Waals surface area contributed by atoms with Gasteiger partial charge < -0.3 is 19.2 Å². The summed E-state index contributed by atoms with van der Waals surface area (Å²) in [6.07, 6.45) is 1.66. The number of aromatic amines is 1. The van der Waals surface area contributed by atoms with Crippen molar-refractivity contribution in [2.45, 2.75) is 33.0 Å². The zero-order valence-electron chi connectivity index (χ0n) is 17.5. The van der Waals surface area contributed by atoms with Gasteiger partial charge in [-0.05, 0) is 51.1 Å². The van der Waals surface area contributed by atoms with Crippen LogP contribution in [-0.4, -0.2) is 28.6 Å². The van der Waals surface area contributed by atoms with Gasteiger partial charge in [-0.15, -0.1) is 0 Å². The molecule has 0 saturated heterocycles. The van der Waals surface area contributed by atoms with Crippen molar-refractivity contribution in [3.05, 3.63) is 66.0 Å². The Kier molecular flexibility index (Phi) is 5.18. The van der Waals surface area contributed by atoms with E-state index in [1.54, 1.807) is 13.3 Å². The minimum atomic E-state index is -0.616. The number of esters is 1. The second-order valence-corrected chi connectivity index (χ2v) is 8.06. The van der Waals surface area contributed by atoms with Gasteiger partial charge in [-0.25, -0.2) is 9.78 Å². The number of fused-ring (bicyclic) bond motifs is 3. The van der Waals surface area contributed by atoms with Crippen LogP contribution in [0.1, 0.15) is 36.8 Å². The SMILES string of the molecule is COCc1c(C(=O)OC(C)(C)C)ncc2[nH]c3ccc(Oc4ccccc4)cc3c12. The summed E-state index contributed by atoms with van der Waals surface area (Å²) < 4.78 is 17.0. The van der Waals surface area contributed by atoms with Crippen LogP contribution in [0.4, 0.5) is 0 Å². The summed E-state index contributed by atoms with van der Waals surface area (Å²) in [5, 5.41) is 1.80. The van der Waals surface area contributed by atoms with Crippen molar-refractivity contribution in [3.63, 3.8) is 0 Å². The van der Waals surface area contributed by atoms with Gasteiger partial charge in [0.2, 0.25) is 0 Å². The molecule has 0 bridgehead atoms. The van der Waals surface area contributed by atoms with Crippen LogP contribution in [0.15, 0.2) is 54.7 Å². The molecule has 2 heterocycles. The van der Waals surface area contributed by atoms with E-state index in [-0.39, 0.29) is 12.3 Å². The lowest BCUT2D eigenvalue weighted by molar-refractivity contribution is 0.00593. The van der Waals surface area contributed by atoms with Gasteiger partial charge in [0.05, 0.1) is 18.3 Å². The van der Waals surface area contributed by atoms with E-state index < -0.39 is 11.6 Å². The van der Waals surface area contributed by atoms with Crippen LogP contribution in [0.5, 0.6) is 11.5 Å². The Labute approximate surface area is 174 Å². The van der Waals surface area contributed by atoms with Gasteiger partial charge in [-0.3, -0.25) is 0 Å². The van der Waals surface area contributed by atoms with Crippen molar-refractivity contribution < 1.29 is 19.0 Å². The zero-order valence-corrected chi connectivity index (χ0v) is 17.5. The average molecular weight is 404 g/mol. The number of hydrogen-bond donors (Lipinski definition) is 1. The number of aromatic nitrogens is 2. The molecule has 154 valence electrons. The van der Waals surface area contributed by atoms with Crippen LogP contribution in [0.25, 0.3) is 21.8 Å². The Morgan fingerprint density at radius 2 is 1.80 bits per heavy atom. The fourth-order valence-electron chi connectivity index (χ4n) is 3.41. The standard InChI is InChI=1S/C24H24N2O4/c1-24(2,3)30-23(27)22-18(14-28-4)21-17-12-16(29-15-8-6-5-7-9-15)10-11-19(17)26-20(21)13-25-22/h5-13,26H,14H2,1-4H3. The summed E-state index contributed by atoms with van der Waals surface area (Å²) in [5.41, 5.74) is 2.07. The van der Waals surface area contributed by atoms with Gasteiger partial charge in [0.1, 0.15) is 17.1 Å². The first-order valence-electron chi connectivity index (χ1n) is 9.74. The maximum Gasteiger partial charge on any atom is 0.357 e. The van der Waals surface area contributed by atoms with E-state index in [9.17, 15) is 4.79 Å². The highest BCUT2D eigenvalue weighted by Crippen LogP contribution is 2.34. The van der Waals surface area contributed by atoms with E-state index in [1.165, 1.54) is 0 Å². The maximum atomic E-state index is 12.8. The van der Waals surface area contributed by atoms with Gasteiger partial charge in [-0.2, -0.15) is 0 Å². The number of H-pyrrole nitrogens is 1. The quantitative estimate of drug-likeness (QED) is 0.438. The second-order valence-electron chi connectivity index (χ2n) is 8.06. The number of benzene rings is 2. The van der Waals surface area contributed by atoms with Crippen molar-refractivity contribution in [1.29, 1.82) is 0 Å². The minimum Gasteiger partial charge on any atom is -0.457 e. The summed E-state index contributed by atoms with van der Waals surface area (Å²) in [6, 6.07) is 15.4. The van der Waals surface area contributed by atoms with Gasteiger partial charge in [0.15, 0.2) is 5.69 Å². The van der Waals surface area contributed by atoms with Crippen LogP contribution in [-0.2, 0) is 16.1 Å². The van der Waals surface area contributed by atoms with E-state index in [1.807, 2.05) is 69.3 Å².